The van der Waals surface area contributed by atoms with Crippen LogP contribution in [0.5, 0.6) is 17.4 Å². The van der Waals surface area contributed by atoms with E-state index in [9.17, 15) is 4.79 Å². The van der Waals surface area contributed by atoms with Crippen LogP contribution in [-0.4, -0.2) is 48.2 Å². The van der Waals surface area contributed by atoms with Gasteiger partial charge in [0.15, 0.2) is 11.5 Å². The lowest BCUT2D eigenvalue weighted by Gasteiger charge is -2.08. The van der Waals surface area contributed by atoms with Crippen LogP contribution >= 0.6 is 11.3 Å². The van der Waals surface area contributed by atoms with E-state index in [1.54, 1.807) is 25.6 Å². The summed E-state index contributed by atoms with van der Waals surface area (Å²) >= 11 is 1.54. The number of benzene rings is 1. The molecule has 2 aromatic heterocycles. The summed E-state index contributed by atoms with van der Waals surface area (Å²) in [5.74, 6) is 1.44. The number of methoxy groups -OCH3 is 2. The molecule has 2 heterocycles. The standard InChI is InChI=1S/C20H22N4O4S/c1-4-28-18-10-15(22-12-23-18)19(25)21-8-7-14-11-29-20(24-14)13-5-6-16(26-2)17(9-13)27-3/h5-6,9-12H,4,7-8H2,1-3H3,(H,21,25). The Morgan fingerprint density at radius 2 is 1.97 bits per heavy atom. The molecule has 0 unspecified atom stereocenters. The highest BCUT2D eigenvalue weighted by molar-refractivity contribution is 7.13. The molecule has 0 aliphatic rings. The average Bonchev–Trinajstić information content (AvgIpc) is 3.22. The smallest absolute Gasteiger partial charge is 0.270 e. The molecule has 9 heteroatoms. The first-order valence-electron chi connectivity index (χ1n) is 9.04. The summed E-state index contributed by atoms with van der Waals surface area (Å²) in [6.45, 7) is 2.78. The number of nitrogens with zero attached hydrogens (tertiary/aromatic N) is 3. The Bertz CT molecular complexity index is 977. The maximum atomic E-state index is 12.2. The molecule has 0 saturated heterocycles. The molecule has 3 aromatic rings. The van der Waals surface area contributed by atoms with Gasteiger partial charge in [0, 0.05) is 30.0 Å². The van der Waals surface area contributed by atoms with Gasteiger partial charge in [-0.15, -0.1) is 11.3 Å². The lowest BCUT2D eigenvalue weighted by atomic mass is 10.2. The van der Waals surface area contributed by atoms with Crippen molar-refractivity contribution < 1.29 is 19.0 Å². The fourth-order valence-electron chi connectivity index (χ4n) is 2.61. The van der Waals surface area contributed by atoms with Gasteiger partial charge in [0.25, 0.3) is 5.91 Å². The maximum Gasteiger partial charge on any atom is 0.270 e. The van der Waals surface area contributed by atoms with Crippen LogP contribution < -0.4 is 19.5 Å². The van der Waals surface area contributed by atoms with E-state index >= 15 is 0 Å². The summed E-state index contributed by atoms with van der Waals surface area (Å²) in [5.41, 5.74) is 2.12. The molecule has 152 valence electrons. The zero-order valence-electron chi connectivity index (χ0n) is 16.5. The molecule has 3 rings (SSSR count). The number of carbonyl (C=O) groups is 1. The monoisotopic (exact) mass is 414 g/mol. The van der Waals surface area contributed by atoms with Crippen molar-refractivity contribution in [1.82, 2.24) is 20.3 Å². The van der Waals surface area contributed by atoms with E-state index in [4.69, 9.17) is 14.2 Å². The van der Waals surface area contributed by atoms with Crippen molar-refractivity contribution in [2.45, 2.75) is 13.3 Å². The van der Waals surface area contributed by atoms with E-state index in [1.807, 2.05) is 30.5 Å². The quantitative estimate of drug-likeness (QED) is 0.575. The molecular weight excluding hydrogens is 392 g/mol. The Balaban J connectivity index is 1.58. The summed E-state index contributed by atoms with van der Waals surface area (Å²) in [5, 5.41) is 5.70. The largest absolute Gasteiger partial charge is 0.493 e. The Hall–Kier alpha value is -3.20. The van der Waals surface area contributed by atoms with E-state index in [0.29, 0.717) is 37.0 Å². The fourth-order valence-corrected chi connectivity index (χ4v) is 3.46. The van der Waals surface area contributed by atoms with Crippen LogP contribution in [-0.2, 0) is 6.42 Å². The lowest BCUT2D eigenvalue weighted by Crippen LogP contribution is -2.26. The minimum Gasteiger partial charge on any atom is -0.493 e. The highest BCUT2D eigenvalue weighted by Crippen LogP contribution is 2.33. The predicted octanol–water partition coefficient (Wildman–Crippen LogP) is 2.99. The number of rotatable bonds is 9. The van der Waals surface area contributed by atoms with Crippen molar-refractivity contribution in [3.63, 3.8) is 0 Å². The Morgan fingerprint density at radius 1 is 1.14 bits per heavy atom. The first-order valence-corrected chi connectivity index (χ1v) is 9.92. The third-order valence-corrected chi connectivity index (χ3v) is 4.96. The number of aromatic nitrogens is 3. The third-order valence-electron chi connectivity index (χ3n) is 4.02. The van der Waals surface area contributed by atoms with Gasteiger partial charge in [-0.25, -0.2) is 15.0 Å². The second-order valence-electron chi connectivity index (χ2n) is 5.89. The van der Waals surface area contributed by atoms with E-state index in [2.05, 4.69) is 20.3 Å². The van der Waals surface area contributed by atoms with Crippen molar-refractivity contribution in [1.29, 1.82) is 0 Å². The van der Waals surface area contributed by atoms with Gasteiger partial charge in [0.1, 0.15) is 17.0 Å². The van der Waals surface area contributed by atoms with Gasteiger partial charge < -0.3 is 19.5 Å². The zero-order chi connectivity index (χ0) is 20.6. The number of carbonyl (C=O) groups excluding carboxylic acids is 1. The lowest BCUT2D eigenvalue weighted by molar-refractivity contribution is 0.0948. The van der Waals surface area contributed by atoms with Crippen molar-refractivity contribution in [3.8, 4) is 28.0 Å². The number of hydrogen-bond acceptors (Lipinski definition) is 8. The molecule has 1 amide bonds. The van der Waals surface area contributed by atoms with Gasteiger partial charge in [0.05, 0.1) is 26.5 Å². The average molecular weight is 414 g/mol. The summed E-state index contributed by atoms with van der Waals surface area (Å²) in [7, 11) is 3.21. The SMILES string of the molecule is CCOc1cc(C(=O)NCCc2csc(-c3ccc(OC)c(OC)c3)n2)ncn1. The van der Waals surface area contributed by atoms with Crippen LogP contribution in [0.1, 0.15) is 23.1 Å². The highest BCUT2D eigenvalue weighted by atomic mass is 32.1. The molecule has 1 aromatic carbocycles. The normalized spacial score (nSPS) is 10.4. The van der Waals surface area contributed by atoms with Crippen LogP contribution in [0.4, 0.5) is 0 Å². The van der Waals surface area contributed by atoms with Crippen LogP contribution in [0.3, 0.4) is 0 Å². The summed E-state index contributed by atoms with van der Waals surface area (Å²) in [6, 6.07) is 7.22. The summed E-state index contributed by atoms with van der Waals surface area (Å²) < 4.78 is 15.9. The number of hydrogen-bond donors (Lipinski definition) is 1. The van der Waals surface area contributed by atoms with Crippen LogP contribution in [0.15, 0.2) is 36.0 Å². The molecule has 0 spiro atoms. The fraction of sp³-hybridized carbons (Fsp3) is 0.300. The molecule has 0 fully saturated rings. The van der Waals surface area contributed by atoms with Crippen molar-refractivity contribution in [3.05, 3.63) is 47.4 Å². The minimum absolute atomic E-state index is 0.271. The predicted molar refractivity (Wildman–Crippen MR) is 110 cm³/mol. The molecular formula is C20H22N4O4S. The molecule has 0 aliphatic carbocycles. The number of thiazole rings is 1. The van der Waals surface area contributed by atoms with Crippen molar-refractivity contribution >= 4 is 17.2 Å². The first-order chi connectivity index (χ1) is 14.1. The van der Waals surface area contributed by atoms with Gasteiger partial charge in [-0.1, -0.05) is 0 Å². The molecule has 1 N–H and O–H groups in total. The van der Waals surface area contributed by atoms with Gasteiger partial charge in [-0.3, -0.25) is 4.79 Å². The molecule has 0 atom stereocenters. The maximum absolute atomic E-state index is 12.2. The Labute approximate surface area is 172 Å². The Kier molecular flexibility index (Phi) is 6.96. The summed E-state index contributed by atoms with van der Waals surface area (Å²) in [4.78, 5) is 24.8. The molecule has 8 nitrogen and oxygen atoms in total. The van der Waals surface area contributed by atoms with E-state index in [-0.39, 0.29) is 11.6 Å². The van der Waals surface area contributed by atoms with Gasteiger partial charge in [-0.05, 0) is 25.1 Å². The molecule has 0 saturated carbocycles. The first kappa shape index (κ1) is 20.5. The Morgan fingerprint density at radius 3 is 2.72 bits per heavy atom. The van der Waals surface area contributed by atoms with Crippen molar-refractivity contribution in [2.75, 3.05) is 27.4 Å². The van der Waals surface area contributed by atoms with Crippen LogP contribution in [0.2, 0.25) is 0 Å². The van der Waals surface area contributed by atoms with E-state index in [1.165, 1.54) is 12.4 Å². The van der Waals surface area contributed by atoms with Gasteiger partial charge in [0.2, 0.25) is 5.88 Å². The molecule has 0 aliphatic heterocycles. The minimum atomic E-state index is -0.274. The zero-order valence-corrected chi connectivity index (χ0v) is 17.3. The highest BCUT2D eigenvalue weighted by Gasteiger charge is 2.11. The van der Waals surface area contributed by atoms with E-state index in [0.717, 1.165) is 16.3 Å². The van der Waals surface area contributed by atoms with Crippen LogP contribution in [0.25, 0.3) is 10.6 Å². The number of ether oxygens (including phenoxy) is 3. The topological polar surface area (TPSA) is 95.5 Å². The molecule has 29 heavy (non-hydrogen) atoms. The second kappa shape index (κ2) is 9.83. The van der Waals surface area contributed by atoms with Crippen LogP contribution in [0, 0.1) is 0 Å². The van der Waals surface area contributed by atoms with Crippen molar-refractivity contribution in [2.24, 2.45) is 0 Å². The van der Waals surface area contributed by atoms with E-state index < -0.39 is 0 Å². The number of amides is 1. The second-order valence-corrected chi connectivity index (χ2v) is 6.75. The number of nitrogens with one attached hydrogen (secondary N) is 1. The molecule has 0 bridgehead atoms. The summed E-state index contributed by atoms with van der Waals surface area (Å²) in [6.07, 6.45) is 1.93. The third kappa shape index (κ3) is 5.20. The van der Waals surface area contributed by atoms with Gasteiger partial charge in [-0.2, -0.15) is 0 Å². The van der Waals surface area contributed by atoms with Gasteiger partial charge >= 0.3 is 0 Å². The molecule has 0 radical (unpaired) electrons.